The van der Waals surface area contributed by atoms with Crippen molar-refractivity contribution in [3.05, 3.63) is 58.0 Å². The number of aromatic nitrogens is 2. The van der Waals surface area contributed by atoms with Crippen molar-refractivity contribution in [1.29, 1.82) is 0 Å². The Kier molecular flexibility index (Phi) is 3.85. The summed E-state index contributed by atoms with van der Waals surface area (Å²) in [5.74, 6) is -0.719. The van der Waals surface area contributed by atoms with Crippen molar-refractivity contribution < 1.29 is 14.8 Å². The van der Waals surface area contributed by atoms with Gasteiger partial charge in [0.1, 0.15) is 5.82 Å². The number of carboxylic acids is 1. The monoisotopic (exact) mass is 274 g/mol. The van der Waals surface area contributed by atoms with E-state index in [1.807, 2.05) is 0 Å². The third kappa shape index (κ3) is 3.25. The Morgan fingerprint density at radius 2 is 2.05 bits per heavy atom. The average Bonchev–Trinajstić information content (AvgIpc) is 2.45. The molecule has 2 aromatic rings. The smallest absolute Gasteiger partial charge is 0.335 e. The Balaban J connectivity index is 2.08. The molecule has 102 valence electrons. The first kappa shape index (κ1) is 13.4. The fourth-order valence-electron chi connectivity index (χ4n) is 1.52. The second-order valence-electron chi connectivity index (χ2n) is 3.85. The molecular weight excluding hydrogens is 264 g/mol. The first-order chi connectivity index (χ1) is 9.56. The van der Waals surface area contributed by atoms with E-state index in [1.54, 1.807) is 0 Å². The van der Waals surface area contributed by atoms with Crippen LogP contribution in [0.25, 0.3) is 0 Å². The molecule has 0 unspecified atom stereocenters. The van der Waals surface area contributed by atoms with Gasteiger partial charge < -0.3 is 10.4 Å². The minimum atomic E-state index is -1.04. The van der Waals surface area contributed by atoms with E-state index in [0.29, 0.717) is 11.5 Å². The van der Waals surface area contributed by atoms with E-state index in [-0.39, 0.29) is 17.8 Å². The highest BCUT2D eigenvalue weighted by Gasteiger charge is 2.07. The molecule has 0 fully saturated rings. The van der Waals surface area contributed by atoms with Crippen molar-refractivity contribution in [1.82, 2.24) is 9.97 Å². The summed E-state index contributed by atoms with van der Waals surface area (Å²) in [6.45, 7) is 0.218. The van der Waals surface area contributed by atoms with Gasteiger partial charge in [0.2, 0.25) is 0 Å². The zero-order valence-corrected chi connectivity index (χ0v) is 10.2. The van der Waals surface area contributed by atoms with Crippen LogP contribution in [0.4, 0.5) is 11.5 Å². The molecule has 2 heterocycles. The van der Waals surface area contributed by atoms with Gasteiger partial charge in [-0.2, -0.15) is 0 Å². The standard InChI is InChI=1S/C12H10N4O4/c17-12(18)8-1-3-13-9(5-8)7-15-11-6-10(16(19)20)2-4-14-11/h1-6H,7H2,(H,14,15)(H,17,18). The largest absolute Gasteiger partial charge is 0.478 e. The van der Waals surface area contributed by atoms with E-state index in [0.717, 1.165) is 0 Å². The molecule has 0 spiro atoms. The van der Waals surface area contributed by atoms with Crippen LogP contribution in [-0.2, 0) is 6.54 Å². The Hall–Kier alpha value is -3.03. The number of rotatable bonds is 5. The first-order valence-corrected chi connectivity index (χ1v) is 5.59. The molecule has 0 saturated heterocycles. The number of nitrogens with zero attached hydrogens (tertiary/aromatic N) is 3. The molecule has 2 aromatic heterocycles. The van der Waals surface area contributed by atoms with Crippen LogP contribution < -0.4 is 5.32 Å². The number of carboxylic acid groups (broad SMARTS) is 1. The third-order valence-electron chi connectivity index (χ3n) is 2.47. The van der Waals surface area contributed by atoms with Crippen LogP contribution in [0, 0.1) is 10.1 Å². The minimum absolute atomic E-state index is 0.0743. The van der Waals surface area contributed by atoms with Gasteiger partial charge in [0.05, 0.1) is 28.8 Å². The second-order valence-corrected chi connectivity index (χ2v) is 3.85. The quantitative estimate of drug-likeness (QED) is 0.629. The Morgan fingerprint density at radius 3 is 2.75 bits per heavy atom. The Bertz CT molecular complexity index is 602. The molecule has 2 N–H and O–H groups in total. The van der Waals surface area contributed by atoms with Gasteiger partial charge in [-0.05, 0) is 12.1 Å². The lowest BCUT2D eigenvalue weighted by Gasteiger charge is -2.05. The summed E-state index contributed by atoms with van der Waals surface area (Å²) in [6, 6.07) is 5.39. The predicted molar refractivity (Wildman–Crippen MR) is 69.4 cm³/mol. The minimum Gasteiger partial charge on any atom is -0.478 e. The summed E-state index contributed by atoms with van der Waals surface area (Å²) >= 11 is 0. The molecule has 0 aliphatic heterocycles. The van der Waals surface area contributed by atoms with Gasteiger partial charge in [-0.15, -0.1) is 0 Å². The molecule has 0 aliphatic carbocycles. The molecule has 20 heavy (non-hydrogen) atoms. The molecule has 0 aliphatic rings. The third-order valence-corrected chi connectivity index (χ3v) is 2.47. The second kappa shape index (κ2) is 5.74. The number of hydrogen-bond donors (Lipinski definition) is 2. The summed E-state index contributed by atoms with van der Waals surface area (Å²) in [4.78, 5) is 28.9. The maximum Gasteiger partial charge on any atom is 0.335 e. The van der Waals surface area contributed by atoms with Gasteiger partial charge in [-0.1, -0.05) is 0 Å². The average molecular weight is 274 g/mol. The number of anilines is 1. The zero-order chi connectivity index (χ0) is 14.5. The van der Waals surface area contributed by atoms with E-state index in [1.165, 1.54) is 36.7 Å². The molecule has 0 bridgehead atoms. The molecule has 8 nitrogen and oxygen atoms in total. The molecule has 0 aromatic carbocycles. The van der Waals surface area contributed by atoms with Crippen molar-refractivity contribution in [3.63, 3.8) is 0 Å². The van der Waals surface area contributed by atoms with Crippen molar-refractivity contribution in [2.24, 2.45) is 0 Å². The highest BCUT2D eigenvalue weighted by molar-refractivity contribution is 5.87. The van der Waals surface area contributed by atoms with Crippen LogP contribution in [0.1, 0.15) is 16.1 Å². The SMILES string of the molecule is O=C(O)c1ccnc(CNc2cc([N+](=O)[O-])ccn2)c1. The maximum absolute atomic E-state index is 10.8. The Labute approximate surface area is 113 Å². The zero-order valence-electron chi connectivity index (χ0n) is 10.2. The number of nitrogens with one attached hydrogen (secondary N) is 1. The summed E-state index contributed by atoms with van der Waals surface area (Å²) in [7, 11) is 0. The van der Waals surface area contributed by atoms with Crippen molar-refractivity contribution in [2.45, 2.75) is 6.54 Å². The van der Waals surface area contributed by atoms with E-state index in [9.17, 15) is 14.9 Å². The molecular formula is C12H10N4O4. The lowest BCUT2D eigenvalue weighted by Crippen LogP contribution is -2.05. The number of aromatic carboxylic acids is 1. The summed E-state index contributed by atoms with van der Waals surface area (Å²) < 4.78 is 0. The molecule has 2 rings (SSSR count). The molecule has 0 atom stereocenters. The molecule has 0 radical (unpaired) electrons. The van der Waals surface area contributed by atoms with E-state index in [2.05, 4.69) is 15.3 Å². The van der Waals surface area contributed by atoms with Crippen LogP contribution in [-0.4, -0.2) is 26.0 Å². The highest BCUT2D eigenvalue weighted by Crippen LogP contribution is 2.14. The lowest BCUT2D eigenvalue weighted by atomic mass is 10.2. The molecule has 0 saturated carbocycles. The van der Waals surface area contributed by atoms with E-state index in [4.69, 9.17) is 5.11 Å². The normalized spacial score (nSPS) is 10.0. The number of hydrogen-bond acceptors (Lipinski definition) is 6. The van der Waals surface area contributed by atoms with Crippen LogP contribution in [0.5, 0.6) is 0 Å². The summed E-state index contributed by atoms with van der Waals surface area (Å²) in [5, 5.41) is 22.3. The summed E-state index contributed by atoms with van der Waals surface area (Å²) in [6.07, 6.45) is 2.71. The van der Waals surface area contributed by atoms with Crippen LogP contribution in [0.15, 0.2) is 36.7 Å². The predicted octanol–water partition coefficient (Wildman–Crippen LogP) is 1.70. The fraction of sp³-hybridized carbons (Fsp3) is 0.0833. The van der Waals surface area contributed by atoms with Gasteiger partial charge in [-0.3, -0.25) is 15.1 Å². The number of carbonyl (C=O) groups is 1. The number of pyridine rings is 2. The van der Waals surface area contributed by atoms with Gasteiger partial charge in [-0.25, -0.2) is 9.78 Å². The van der Waals surface area contributed by atoms with E-state index >= 15 is 0 Å². The van der Waals surface area contributed by atoms with Crippen LogP contribution in [0.2, 0.25) is 0 Å². The van der Waals surface area contributed by atoms with E-state index < -0.39 is 10.9 Å². The van der Waals surface area contributed by atoms with Crippen LogP contribution >= 0.6 is 0 Å². The van der Waals surface area contributed by atoms with Crippen LogP contribution in [0.3, 0.4) is 0 Å². The maximum atomic E-state index is 10.8. The summed E-state index contributed by atoms with van der Waals surface area (Å²) in [5.41, 5.74) is 0.553. The molecule has 8 heteroatoms. The Morgan fingerprint density at radius 1 is 1.30 bits per heavy atom. The number of nitro groups is 1. The van der Waals surface area contributed by atoms with Crippen molar-refractivity contribution in [2.75, 3.05) is 5.32 Å². The van der Waals surface area contributed by atoms with Gasteiger partial charge in [0.25, 0.3) is 5.69 Å². The van der Waals surface area contributed by atoms with Gasteiger partial charge in [0, 0.05) is 18.5 Å². The molecule has 0 amide bonds. The fourth-order valence-corrected chi connectivity index (χ4v) is 1.52. The van der Waals surface area contributed by atoms with Gasteiger partial charge >= 0.3 is 5.97 Å². The van der Waals surface area contributed by atoms with Gasteiger partial charge in [0.15, 0.2) is 0 Å². The topological polar surface area (TPSA) is 118 Å². The first-order valence-electron chi connectivity index (χ1n) is 5.59. The lowest BCUT2D eigenvalue weighted by molar-refractivity contribution is -0.384. The van der Waals surface area contributed by atoms with Crippen molar-refractivity contribution in [3.8, 4) is 0 Å². The van der Waals surface area contributed by atoms with Crippen molar-refractivity contribution >= 4 is 17.5 Å². The highest BCUT2D eigenvalue weighted by atomic mass is 16.6.